The first-order chi connectivity index (χ1) is 6.29. The average molecular weight is 182 g/mol. The van der Waals surface area contributed by atoms with E-state index in [-0.39, 0.29) is 0 Å². The third kappa shape index (κ3) is 1.85. The first-order valence-electron chi connectivity index (χ1n) is 4.26. The topological polar surface area (TPSA) is 49.8 Å². The van der Waals surface area contributed by atoms with Gasteiger partial charge in [0.1, 0.15) is 0 Å². The Bertz CT molecular complexity index is 311. The van der Waals surface area contributed by atoms with E-state index in [1.807, 2.05) is 0 Å². The van der Waals surface area contributed by atoms with E-state index in [9.17, 15) is 4.39 Å². The predicted octanol–water partition coefficient (Wildman–Crippen LogP) is 1.23. The first-order valence-corrected chi connectivity index (χ1v) is 4.26. The van der Waals surface area contributed by atoms with E-state index in [0.29, 0.717) is 17.8 Å². The number of aromatic nitrogens is 2. The number of hydrogen-bond acceptors (Lipinski definition) is 4. The lowest BCUT2D eigenvalue weighted by atomic mass is 10.5. The van der Waals surface area contributed by atoms with E-state index in [1.54, 1.807) is 7.05 Å². The molecule has 2 rings (SSSR count). The highest BCUT2D eigenvalue weighted by Crippen LogP contribution is 2.25. The maximum atomic E-state index is 13.1. The summed E-state index contributed by atoms with van der Waals surface area (Å²) in [7, 11) is 1.70. The highest BCUT2D eigenvalue weighted by atomic mass is 19.1. The second kappa shape index (κ2) is 3.16. The monoisotopic (exact) mass is 182 g/mol. The van der Waals surface area contributed by atoms with Crippen LogP contribution in [-0.4, -0.2) is 23.1 Å². The van der Waals surface area contributed by atoms with E-state index in [0.717, 1.165) is 12.8 Å². The van der Waals surface area contributed by atoms with Gasteiger partial charge in [-0.1, -0.05) is 0 Å². The van der Waals surface area contributed by atoms with Crippen molar-refractivity contribution in [3.05, 3.63) is 12.0 Å². The summed E-state index contributed by atoms with van der Waals surface area (Å²) in [5.74, 6) is 0.331. The summed E-state index contributed by atoms with van der Waals surface area (Å²) in [5, 5.41) is 5.75. The van der Waals surface area contributed by atoms with Crippen LogP contribution in [0.3, 0.4) is 0 Å². The van der Waals surface area contributed by atoms with Crippen molar-refractivity contribution < 1.29 is 4.39 Å². The lowest BCUT2D eigenvalue weighted by molar-refractivity contribution is 0.617. The minimum absolute atomic E-state index is 0.293. The van der Waals surface area contributed by atoms with Crippen LogP contribution in [0.25, 0.3) is 0 Å². The maximum Gasteiger partial charge on any atom is 0.224 e. The van der Waals surface area contributed by atoms with Gasteiger partial charge >= 0.3 is 0 Å². The van der Waals surface area contributed by atoms with Crippen molar-refractivity contribution in [3.8, 4) is 0 Å². The zero-order valence-electron chi connectivity index (χ0n) is 7.34. The summed E-state index contributed by atoms with van der Waals surface area (Å²) in [4.78, 5) is 7.71. The molecule has 0 bridgehead atoms. The van der Waals surface area contributed by atoms with Crippen LogP contribution in [0.4, 0.5) is 16.2 Å². The third-order valence-corrected chi connectivity index (χ3v) is 1.89. The molecule has 2 N–H and O–H groups in total. The number of rotatable bonds is 3. The normalized spacial score (nSPS) is 15.5. The molecule has 1 saturated carbocycles. The average Bonchev–Trinajstić information content (AvgIpc) is 2.93. The molecule has 1 aromatic rings. The summed E-state index contributed by atoms with van der Waals surface area (Å²) >= 11 is 0. The van der Waals surface area contributed by atoms with Gasteiger partial charge in [-0.3, -0.25) is 0 Å². The van der Waals surface area contributed by atoms with E-state index in [1.165, 1.54) is 6.20 Å². The molecule has 0 aliphatic heterocycles. The van der Waals surface area contributed by atoms with Crippen molar-refractivity contribution in [2.24, 2.45) is 0 Å². The fourth-order valence-electron chi connectivity index (χ4n) is 1.01. The van der Waals surface area contributed by atoms with Crippen LogP contribution < -0.4 is 10.6 Å². The van der Waals surface area contributed by atoms with Gasteiger partial charge in [0.25, 0.3) is 0 Å². The number of anilines is 2. The van der Waals surface area contributed by atoms with Crippen molar-refractivity contribution in [2.75, 3.05) is 17.7 Å². The van der Waals surface area contributed by atoms with Gasteiger partial charge in [-0.2, -0.15) is 4.98 Å². The molecule has 0 saturated heterocycles. The highest BCUT2D eigenvalue weighted by molar-refractivity contribution is 5.42. The molecule has 1 heterocycles. The largest absolute Gasteiger partial charge is 0.365 e. The third-order valence-electron chi connectivity index (χ3n) is 1.89. The van der Waals surface area contributed by atoms with Gasteiger partial charge in [0, 0.05) is 13.1 Å². The van der Waals surface area contributed by atoms with E-state index in [4.69, 9.17) is 0 Å². The molecule has 1 aliphatic carbocycles. The minimum atomic E-state index is -0.397. The standard InChI is InChI=1S/C8H11FN4/c1-10-8-11-4-6(9)7(13-8)12-5-2-3-5/h4-5H,2-3H2,1H3,(H2,10,11,12,13). The molecule has 0 amide bonds. The Morgan fingerprint density at radius 2 is 2.31 bits per heavy atom. The number of hydrogen-bond donors (Lipinski definition) is 2. The summed E-state index contributed by atoms with van der Waals surface area (Å²) in [6, 6.07) is 0.397. The van der Waals surface area contributed by atoms with Crippen LogP contribution in [0.15, 0.2) is 6.20 Å². The second-order valence-corrected chi connectivity index (χ2v) is 3.06. The molecule has 0 unspecified atom stereocenters. The van der Waals surface area contributed by atoms with Gasteiger partial charge in [0.2, 0.25) is 5.95 Å². The van der Waals surface area contributed by atoms with Crippen LogP contribution >= 0.6 is 0 Å². The predicted molar refractivity (Wildman–Crippen MR) is 48.2 cm³/mol. The molecule has 70 valence electrons. The first kappa shape index (κ1) is 8.22. The van der Waals surface area contributed by atoms with Gasteiger partial charge in [0.05, 0.1) is 6.20 Å². The van der Waals surface area contributed by atoms with Gasteiger partial charge in [-0.05, 0) is 12.8 Å². The number of nitrogens with one attached hydrogen (secondary N) is 2. The van der Waals surface area contributed by atoms with E-state index < -0.39 is 5.82 Å². The summed E-state index contributed by atoms with van der Waals surface area (Å²) in [6.45, 7) is 0. The van der Waals surface area contributed by atoms with Gasteiger partial charge < -0.3 is 10.6 Å². The zero-order chi connectivity index (χ0) is 9.26. The van der Waals surface area contributed by atoms with E-state index in [2.05, 4.69) is 20.6 Å². The van der Waals surface area contributed by atoms with Crippen LogP contribution in [0.1, 0.15) is 12.8 Å². The van der Waals surface area contributed by atoms with Gasteiger partial charge in [0.15, 0.2) is 11.6 Å². The molecule has 0 spiro atoms. The molecule has 0 radical (unpaired) electrons. The minimum Gasteiger partial charge on any atom is -0.365 e. The molecule has 13 heavy (non-hydrogen) atoms. The summed E-state index contributed by atoms with van der Waals surface area (Å²) < 4.78 is 13.1. The SMILES string of the molecule is CNc1ncc(F)c(NC2CC2)n1. The van der Waals surface area contributed by atoms with Crippen LogP contribution in [0.2, 0.25) is 0 Å². The van der Waals surface area contributed by atoms with Crippen LogP contribution in [0.5, 0.6) is 0 Å². The Balaban J connectivity index is 2.19. The smallest absolute Gasteiger partial charge is 0.224 e. The van der Waals surface area contributed by atoms with E-state index >= 15 is 0 Å². The quantitative estimate of drug-likeness (QED) is 0.738. The molecule has 1 fully saturated rings. The Kier molecular flexibility index (Phi) is 2.00. The van der Waals surface area contributed by atoms with Crippen molar-refractivity contribution >= 4 is 11.8 Å². The van der Waals surface area contributed by atoms with Crippen molar-refractivity contribution in [2.45, 2.75) is 18.9 Å². The lowest BCUT2D eigenvalue weighted by Crippen LogP contribution is -2.08. The summed E-state index contributed by atoms with van der Waals surface area (Å²) in [5.41, 5.74) is 0. The Labute approximate surface area is 75.6 Å². The van der Waals surface area contributed by atoms with Gasteiger partial charge in [-0.15, -0.1) is 0 Å². The van der Waals surface area contributed by atoms with Gasteiger partial charge in [-0.25, -0.2) is 9.37 Å². The lowest BCUT2D eigenvalue weighted by Gasteiger charge is -2.05. The highest BCUT2D eigenvalue weighted by Gasteiger charge is 2.22. The van der Waals surface area contributed by atoms with Crippen LogP contribution in [0, 0.1) is 5.82 Å². The molecule has 4 nitrogen and oxygen atoms in total. The molecular weight excluding hydrogens is 171 g/mol. The van der Waals surface area contributed by atoms with Crippen molar-refractivity contribution in [3.63, 3.8) is 0 Å². The Hall–Kier alpha value is -1.39. The number of nitrogens with zero attached hydrogens (tertiary/aromatic N) is 2. The summed E-state index contributed by atoms with van der Waals surface area (Å²) in [6.07, 6.45) is 3.36. The van der Waals surface area contributed by atoms with Crippen molar-refractivity contribution in [1.29, 1.82) is 0 Å². The van der Waals surface area contributed by atoms with Crippen molar-refractivity contribution in [1.82, 2.24) is 9.97 Å². The molecule has 1 aliphatic rings. The molecule has 0 aromatic carbocycles. The zero-order valence-corrected chi connectivity index (χ0v) is 7.34. The fourth-order valence-corrected chi connectivity index (χ4v) is 1.01. The Morgan fingerprint density at radius 3 is 2.92 bits per heavy atom. The molecule has 1 aromatic heterocycles. The second-order valence-electron chi connectivity index (χ2n) is 3.06. The maximum absolute atomic E-state index is 13.1. The molecule has 5 heteroatoms. The molecular formula is C8H11FN4. The molecule has 0 atom stereocenters. The van der Waals surface area contributed by atoms with Crippen LogP contribution in [-0.2, 0) is 0 Å². The number of halogens is 1. The fraction of sp³-hybridized carbons (Fsp3) is 0.500. The Morgan fingerprint density at radius 1 is 1.54 bits per heavy atom.